The van der Waals surface area contributed by atoms with Crippen molar-refractivity contribution in [1.29, 1.82) is 0 Å². The van der Waals surface area contributed by atoms with Crippen LogP contribution in [0, 0.1) is 0 Å². The zero-order valence-electron chi connectivity index (χ0n) is 16.2. The third-order valence-corrected chi connectivity index (χ3v) is 5.33. The maximum atomic E-state index is 5.69. The average molecular weight is 374 g/mol. The van der Waals surface area contributed by atoms with Crippen molar-refractivity contribution in [2.24, 2.45) is 0 Å². The van der Waals surface area contributed by atoms with Gasteiger partial charge in [-0.05, 0) is 57.6 Å². The molecule has 0 aliphatic heterocycles. The molecule has 142 valence electrons. The molecule has 1 aliphatic carbocycles. The zero-order chi connectivity index (χ0) is 18.5. The van der Waals surface area contributed by atoms with E-state index in [1.807, 2.05) is 4.68 Å². The quantitative estimate of drug-likeness (QED) is 0.717. The minimum atomic E-state index is 0.0755. The predicted octanol–water partition coefficient (Wildman–Crippen LogP) is 5.09. The van der Waals surface area contributed by atoms with Crippen LogP contribution in [0.2, 0.25) is 0 Å². The van der Waals surface area contributed by atoms with E-state index in [9.17, 15) is 0 Å². The molecule has 0 radical (unpaired) electrons. The summed E-state index contributed by atoms with van der Waals surface area (Å²) in [5.41, 5.74) is 5.08. The van der Waals surface area contributed by atoms with Gasteiger partial charge in [-0.25, -0.2) is 4.68 Å². The summed E-state index contributed by atoms with van der Waals surface area (Å²) in [7, 11) is 0. The molecular weight excluding hydrogens is 342 g/mol. The van der Waals surface area contributed by atoms with Crippen LogP contribution in [-0.2, 0) is 24.2 Å². The fourth-order valence-corrected chi connectivity index (χ4v) is 3.89. The van der Waals surface area contributed by atoms with Crippen LogP contribution in [0.1, 0.15) is 80.3 Å². The van der Waals surface area contributed by atoms with Crippen molar-refractivity contribution in [3.05, 3.63) is 46.8 Å². The molecule has 2 atom stereocenters. The lowest BCUT2D eigenvalue weighted by Crippen LogP contribution is -2.13. The summed E-state index contributed by atoms with van der Waals surface area (Å²) >= 11 is 4.57. The summed E-state index contributed by atoms with van der Waals surface area (Å²) < 4.78 is 7.69. The molecule has 0 bridgehead atoms. The first-order valence-electron chi connectivity index (χ1n) is 9.86. The topological polar surface area (TPSA) is 39.9 Å². The van der Waals surface area contributed by atoms with Gasteiger partial charge in [-0.15, -0.1) is 5.10 Å². The molecule has 0 saturated carbocycles. The average Bonchev–Trinajstić information content (AvgIpc) is 3.01. The summed E-state index contributed by atoms with van der Waals surface area (Å²) in [6.07, 6.45) is 7.32. The van der Waals surface area contributed by atoms with E-state index in [2.05, 4.69) is 68.0 Å². The molecule has 2 unspecified atom stereocenters. The standard InChI is InChI=1S/C21H31N3OS/c1-15(2)25-14-18-11-9-17(10-12-18)13-19-7-5-4-6-8-20-21(19)22-23-24(20)16(3)26/h9-12,15-16,19,26H,4-8,13-14H2,1-3H3. The maximum absolute atomic E-state index is 5.69. The van der Waals surface area contributed by atoms with Crippen molar-refractivity contribution >= 4 is 12.6 Å². The third-order valence-electron chi connectivity index (χ3n) is 5.12. The second-order valence-corrected chi connectivity index (χ2v) is 8.42. The molecule has 5 heteroatoms. The molecule has 4 nitrogen and oxygen atoms in total. The van der Waals surface area contributed by atoms with E-state index in [0.717, 1.165) is 12.8 Å². The van der Waals surface area contributed by atoms with Gasteiger partial charge in [-0.2, -0.15) is 12.6 Å². The van der Waals surface area contributed by atoms with Gasteiger partial charge in [0.2, 0.25) is 0 Å². The number of ether oxygens (including phenoxy) is 1. The Morgan fingerprint density at radius 2 is 1.85 bits per heavy atom. The molecule has 2 aromatic rings. The van der Waals surface area contributed by atoms with Crippen LogP contribution in [0.5, 0.6) is 0 Å². The first-order chi connectivity index (χ1) is 12.5. The van der Waals surface area contributed by atoms with Crippen molar-refractivity contribution in [2.45, 2.75) is 83.3 Å². The number of rotatable bonds is 6. The Balaban J connectivity index is 1.75. The fourth-order valence-electron chi connectivity index (χ4n) is 3.70. The van der Waals surface area contributed by atoms with Gasteiger partial charge >= 0.3 is 0 Å². The highest BCUT2D eigenvalue weighted by atomic mass is 32.1. The smallest absolute Gasteiger partial charge is 0.0935 e. The van der Waals surface area contributed by atoms with Crippen LogP contribution in [0.3, 0.4) is 0 Å². The summed E-state index contributed by atoms with van der Waals surface area (Å²) in [6.45, 7) is 6.88. The normalized spacial score (nSPS) is 19.0. The van der Waals surface area contributed by atoms with Crippen molar-refractivity contribution in [2.75, 3.05) is 0 Å². The van der Waals surface area contributed by atoms with Crippen LogP contribution in [0.15, 0.2) is 24.3 Å². The third kappa shape index (κ3) is 4.89. The van der Waals surface area contributed by atoms with E-state index in [1.54, 1.807) is 0 Å². The molecule has 26 heavy (non-hydrogen) atoms. The molecule has 0 spiro atoms. The Labute approximate surface area is 162 Å². The van der Waals surface area contributed by atoms with Crippen molar-refractivity contribution in [1.82, 2.24) is 15.0 Å². The summed E-state index contributed by atoms with van der Waals surface area (Å²) in [5.74, 6) is 0.448. The number of hydrogen-bond acceptors (Lipinski definition) is 4. The molecule has 1 aliphatic rings. The Morgan fingerprint density at radius 1 is 1.12 bits per heavy atom. The van der Waals surface area contributed by atoms with E-state index < -0.39 is 0 Å². The highest BCUT2D eigenvalue weighted by Crippen LogP contribution is 2.32. The van der Waals surface area contributed by atoms with Gasteiger partial charge in [-0.1, -0.05) is 42.3 Å². The van der Waals surface area contributed by atoms with Crippen molar-refractivity contribution in [3.8, 4) is 0 Å². The van der Waals surface area contributed by atoms with Gasteiger partial charge in [0.1, 0.15) is 0 Å². The lowest BCUT2D eigenvalue weighted by atomic mass is 9.87. The Kier molecular flexibility index (Phi) is 6.76. The van der Waals surface area contributed by atoms with E-state index >= 15 is 0 Å². The van der Waals surface area contributed by atoms with E-state index in [1.165, 1.54) is 48.2 Å². The van der Waals surface area contributed by atoms with Gasteiger partial charge in [-0.3, -0.25) is 0 Å². The first-order valence-corrected chi connectivity index (χ1v) is 10.4. The van der Waals surface area contributed by atoms with Crippen molar-refractivity contribution in [3.63, 3.8) is 0 Å². The molecule has 0 saturated heterocycles. The number of hydrogen-bond donors (Lipinski definition) is 1. The minimum absolute atomic E-state index is 0.0755. The number of nitrogens with zero attached hydrogens (tertiary/aromatic N) is 3. The highest BCUT2D eigenvalue weighted by molar-refractivity contribution is 7.80. The maximum Gasteiger partial charge on any atom is 0.0935 e. The number of fused-ring (bicyclic) bond motifs is 1. The van der Waals surface area contributed by atoms with Crippen LogP contribution < -0.4 is 0 Å². The minimum Gasteiger partial charge on any atom is -0.374 e. The molecule has 0 amide bonds. The second kappa shape index (κ2) is 9.05. The van der Waals surface area contributed by atoms with Crippen LogP contribution in [-0.4, -0.2) is 21.1 Å². The first kappa shape index (κ1) is 19.4. The Hall–Kier alpha value is -1.33. The van der Waals surface area contributed by atoms with Crippen LogP contribution in [0.4, 0.5) is 0 Å². The van der Waals surface area contributed by atoms with E-state index in [-0.39, 0.29) is 11.5 Å². The monoisotopic (exact) mass is 373 g/mol. The molecule has 1 aromatic carbocycles. The Bertz CT molecular complexity index is 694. The predicted molar refractivity (Wildman–Crippen MR) is 109 cm³/mol. The molecular formula is C21H31N3OS. The lowest BCUT2D eigenvalue weighted by Gasteiger charge is -2.20. The lowest BCUT2D eigenvalue weighted by molar-refractivity contribution is 0.0657. The zero-order valence-corrected chi connectivity index (χ0v) is 17.1. The summed E-state index contributed by atoms with van der Waals surface area (Å²) in [4.78, 5) is 0. The van der Waals surface area contributed by atoms with Crippen LogP contribution in [0.25, 0.3) is 0 Å². The molecule has 1 aromatic heterocycles. The SMILES string of the molecule is CC(C)OCc1ccc(CC2CCCCCc3c2nnn3C(C)S)cc1. The number of aromatic nitrogens is 3. The Morgan fingerprint density at radius 3 is 2.54 bits per heavy atom. The summed E-state index contributed by atoms with van der Waals surface area (Å²) in [5, 5.41) is 9.04. The largest absolute Gasteiger partial charge is 0.374 e. The summed E-state index contributed by atoms with van der Waals surface area (Å²) in [6, 6.07) is 8.86. The van der Waals surface area contributed by atoms with Gasteiger partial charge < -0.3 is 4.74 Å². The molecule has 1 heterocycles. The van der Waals surface area contributed by atoms with Gasteiger partial charge in [0.15, 0.2) is 0 Å². The van der Waals surface area contributed by atoms with Gasteiger partial charge in [0, 0.05) is 5.92 Å². The fraction of sp³-hybridized carbons (Fsp3) is 0.619. The van der Waals surface area contributed by atoms with E-state index in [4.69, 9.17) is 4.74 Å². The van der Waals surface area contributed by atoms with E-state index in [0.29, 0.717) is 12.5 Å². The highest BCUT2D eigenvalue weighted by Gasteiger charge is 2.24. The molecule has 3 rings (SSSR count). The second-order valence-electron chi connectivity index (χ2n) is 7.67. The van der Waals surface area contributed by atoms with Gasteiger partial charge in [0.25, 0.3) is 0 Å². The van der Waals surface area contributed by atoms with Crippen molar-refractivity contribution < 1.29 is 4.74 Å². The van der Waals surface area contributed by atoms with Gasteiger partial charge in [0.05, 0.1) is 29.5 Å². The molecule has 0 N–H and O–H groups in total. The van der Waals surface area contributed by atoms with Crippen LogP contribution >= 0.6 is 12.6 Å². The molecule has 0 fully saturated rings. The number of thiol groups is 1. The number of benzene rings is 1.